The number of esters is 2. The van der Waals surface area contributed by atoms with E-state index in [1.54, 1.807) is 0 Å². The van der Waals surface area contributed by atoms with Gasteiger partial charge < -0.3 is 14.6 Å². The first-order valence-electron chi connectivity index (χ1n) is 10.6. The maximum absolute atomic E-state index is 11.8. The summed E-state index contributed by atoms with van der Waals surface area (Å²) >= 11 is 0. The average Bonchev–Trinajstić information content (AvgIpc) is 2.74. The largest absolute Gasteiger partial charge is 0.478 e. The molecule has 0 unspecified atom stereocenters. The third-order valence-corrected chi connectivity index (χ3v) is 4.44. The second-order valence-corrected chi connectivity index (χ2v) is 7.26. The lowest BCUT2D eigenvalue weighted by Gasteiger charge is -2.27. The molecule has 0 spiro atoms. The van der Waals surface area contributed by atoms with E-state index in [4.69, 9.17) is 14.8 Å². The van der Waals surface area contributed by atoms with Gasteiger partial charge in [-0.3, -0.25) is 28.9 Å². The van der Waals surface area contributed by atoms with Gasteiger partial charge in [0.1, 0.15) is 26.4 Å². The Labute approximate surface area is 192 Å². The minimum Gasteiger partial charge on any atom is -0.478 e. The summed E-state index contributed by atoms with van der Waals surface area (Å²) in [6.07, 6.45) is 5.04. The summed E-state index contributed by atoms with van der Waals surface area (Å²) in [4.78, 5) is 64.0. The molecule has 0 heterocycles. The molecule has 1 fully saturated rings. The second-order valence-electron chi connectivity index (χ2n) is 7.26. The normalized spacial score (nSPS) is 16.9. The van der Waals surface area contributed by atoms with E-state index in [2.05, 4.69) is 27.0 Å². The Kier molecular flexibility index (Phi) is 16.9. The zero-order chi connectivity index (χ0) is 25.1. The zero-order valence-corrected chi connectivity index (χ0v) is 19.1. The number of ether oxygens (including phenoxy) is 2. The number of rotatable bonds is 13. The molecule has 188 valence electrons. The van der Waals surface area contributed by atoms with Gasteiger partial charge in [-0.1, -0.05) is 6.58 Å². The van der Waals surface area contributed by atoms with Gasteiger partial charge in [0.05, 0.1) is 0 Å². The number of hydroxylamine groups is 2. The summed E-state index contributed by atoms with van der Waals surface area (Å²) in [7, 11) is 0. The zero-order valence-electron chi connectivity index (χ0n) is 19.1. The van der Waals surface area contributed by atoms with Gasteiger partial charge in [-0.2, -0.15) is 0 Å². The Bertz CT molecular complexity index is 599. The van der Waals surface area contributed by atoms with Crippen LogP contribution in [0.1, 0.15) is 52.4 Å². The van der Waals surface area contributed by atoms with Crippen molar-refractivity contribution in [3.05, 3.63) is 12.7 Å². The molecule has 0 bridgehead atoms. The van der Waals surface area contributed by atoms with E-state index in [1.165, 1.54) is 13.8 Å². The Morgan fingerprint density at radius 2 is 1.12 bits per heavy atom. The molecule has 0 radical (unpaired) electrons. The van der Waals surface area contributed by atoms with Gasteiger partial charge in [0.15, 0.2) is 0 Å². The van der Waals surface area contributed by atoms with Crippen molar-refractivity contribution >= 4 is 29.7 Å². The van der Waals surface area contributed by atoms with Crippen LogP contribution in [0.2, 0.25) is 0 Å². The highest BCUT2D eigenvalue weighted by atomic mass is 16.7. The fraction of sp³-hybridized carbons (Fsp3) is 0.667. The molecule has 1 aliphatic carbocycles. The summed E-state index contributed by atoms with van der Waals surface area (Å²) in [5, 5.41) is 7.60. The number of carboxylic acids is 1. The van der Waals surface area contributed by atoms with Gasteiger partial charge in [-0.05, 0) is 37.5 Å². The van der Waals surface area contributed by atoms with Gasteiger partial charge in [0.25, 0.3) is 0 Å². The van der Waals surface area contributed by atoms with Gasteiger partial charge >= 0.3 is 17.9 Å². The van der Waals surface area contributed by atoms with E-state index < -0.39 is 17.9 Å². The molecule has 0 atom stereocenters. The van der Waals surface area contributed by atoms with Crippen molar-refractivity contribution in [1.29, 1.82) is 0 Å². The molecule has 0 aromatic carbocycles. The minimum atomic E-state index is -0.981. The van der Waals surface area contributed by atoms with Crippen LogP contribution in [0.5, 0.6) is 0 Å². The third-order valence-electron chi connectivity index (χ3n) is 4.44. The maximum atomic E-state index is 11.8. The number of carboxylic acid groups (broad SMARTS) is 1. The number of hydrogen-bond donors (Lipinski definition) is 3. The number of carbonyl (C=O) groups excluding carboxylic acids is 4. The highest BCUT2D eigenvalue weighted by Gasteiger charge is 2.24. The van der Waals surface area contributed by atoms with Crippen LogP contribution in [0, 0.1) is 11.8 Å². The van der Waals surface area contributed by atoms with Crippen molar-refractivity contribution in [3.63, 3.8) is 0 Å². The summed E-state index contributed by atoms with van der Waals surface area (Å²) < 4.78 is 9.37. The van der Waals surface area contributed by atoms with Crippen molar-refractivity contribution in [2.45, 2.75) is 52.4 Å². The first kappa shape index (κ1) is 30.0. The number of aliphatic carboxylic acids is 1. The van der Waals surface area contributed by atoms with Crippen LogP contribution in [0.15, 0.2) is 12.7 Å². The highest BCUT2D eigenvalue weighted by molar-refractivity contribution is 5.78. The van der Waals surface area contributed by atoms with Crippen molar-refractivity contribution < 1.29 is 48.2 Å². The number of hydrogen-bond acceptors (Lipinski definition) is 9. The monoisotopic (exact) mass is 474 g/mol. The molecule has 12 nitrogen and oxygen atoms in total. The fourth-order valence-electron chi connectivity index (χ4n) is 2.96. The van der Waals surface area contributed by atoms with Crippen LogP contribution < -0.4 is 11.0 Å². The van der Waals surface area contributed by atoms with Gasteiger partial charge in [-0.25, -0.2) is 15.8 Å². The number of amides is 2. The van der Waals surface area contributed by atoms with Crippen molar-refractivity contribution in [1.82, 2.24) is 11.0 Å². The standard InChI is InChI=1S/C18H30N2O8.C3H4O2/c1-13(21)25-7-9-27-19-17(23)11-15-3-5-16(6-4-15)12-18(24)20-28-10-8-26-14(2)22;1-2-3(4)5/h15-16H,3-12H2,1-2H3,(H,19,23)(H,20,24);2H,1H2,(H,4,5). The first-order chi connectivity index (χ1) is 15.6. The molecule has 0 aliphatic heterocycles. The summed E-state index contributed by atoms with van der Waals surface area (Å²) in [6.45, 7) is 5.97. The summed E-state index contributed by atoms with van der Waals surface area (Å²) in [6, 6.07) is 0. The van der Waals surface area contributed by atoms with E-state index in [0.29, 0.717) is 12.8 Å². The molecule has 3 N–H and O–H groups in total. The molecule has 1 saturated carbocycles. The highest BCUT2D eigenvalue weighted by Crippen LogP contribution is 2.32. The second kappa shape index (κ2) is 18.6. The maximum Gasteiger partial charge on any atom is 0.327 e. The fourth-order valence-corrected chi connectivity index (χ4v) is 2.96. The van der Waals surface area contributed by atoms with E-state index >= 15 is 0 Å². The van der Waals surface area contributed by atoms with E-state index in [-0.39, 0.29) is 50.1 Å². The molecular weight excluding hydrogens is 440 g/mol. The summed E-state index contributed by atoms with van der Waals surface area (Å²) in [5.41, 5.74) is 4.69. The third kappa shape index (κ3) is 19.4. The topological polar surface area (TPSA) is 167 Å². The first-order valence-corrected chi connectivity index (χ1v) is 10.6. The number of nitrogens with one attached hydrogen (secondary N) is 2. The van der Waals surface area contributed by atoms with Crippen LogP contribution in [-0.2, 0) is 43.1 Å². The van der Waals surface area contributed by atoms with Crippen LogP contribution >= 0.6 is 0 Å². The Morgan fingerprint density at radius 1 is 0.788 bits per heavy atom. The van der Waals surface area contributed by atoms with Gasteiger partial charge in [0.2, 0.25) is 11.8 Å². The van der Waals surface area contributed by atoms with Crippen molar-refractivity contribution in [3.8, 4) is 0 Å². The molecule has 1 aliphatic rings. The lowest BCUT2D eigenvalue weighted by molar-refractivity contribution is -0.147. The minimum absolute atomic E-state index is 0.0935. The van der Waals surface area contributed by atoms with Crippen molar-refractivity contribution in [2.24, 2.45) is 11.8 Å². The molecule has 12 heteroatoms. The van der Waals surface area contributed by atoms with E-state index in [9.17, 15) is 24.0 Å². The number of carbonyl (C=O) groups is 5. The van der Waals surface area contributed by atoms with Crippen LogP contribution in [-0.4, -0.2) is 61.3 Å². The predicted molar refractivity (Wildman–Crippen MR) is 114 cm³/mol. The smallest absolute Gasteiger partial charge is 0.327 e. The molecular formula is C21H34N2O10. The van der Waals surface area contributed by atoms with Gasteiger partial charge in [-0.15, -0.1) is 0 Å². The lowest BCUT2D eigenvalue weighted by Crippen LogP contribution is -2.30. The quantitative estimate of drug-likeness (QED) is 0.152. The Morgan fingerprint density at radius 3 is 1.39 bits per heavy atom. The molecule has 0 aromatic rings. The average molecular weight is 475 g/mol. The molecule has 33 heavy (non-hydrogen) atoms. The Balaban J connectivity index is 0.00000184. The molecule has 0 saturated heterocycles. The molecule has 0 aromatic heterocycles. The van der Waals surface area contributed by atoms with E-state index in [1.807, 2.05) is 0 Å². The van der Waals surface area contributed by atoms with Gasteiger partial charge in [0, 0.05) is 32.8 Å². The van der Waals surface area contributed by atoms with Crippen LogP contribution in [0.3, 0.4) is 0 Å². The Hall–Kier alpha value is -2.99. The molecule has 2 amide bonds. The summed E-state index contributed by atoms with van der Waals surface area (Å²) in [5.74, 6) is -1.66. The molecule has 1 rings (SSSR count). The predicted octanol–water partition coefficient (Wildman–Crippen LogP) is 1.05. The van der Waals surface area contributed by atoms with Crippen LogP contribution in [0.4, 0.5) is 0 Å². The van der Waals surface area contributed by atoms with E-state index in [0.717, 1.165) is 31.8 Å². The van der Waals surface area contributed by atoms with Crippen molar-refractivity contribution in [2.75, 3.05) is 26.4 Å². The lowest BCUT2D eigenvalue weighted by atomic mass is 9.79. The van der Waals surface area contributed by atoms with Crippen LogP contribution in [0.25, 0.3) is 0 Å². The SMILES string of the molecule is C=CC(=O)O.CC(=O)OCCONC(=O)CC1CCC(CC(=O)NOCCOC(C)=O)CC1.